The summed E-state index contributed by atoms with van der Waals surface area (Å²) in [6, 6.07) is 13.3. The van der Waals surface area contributed by atoms with Gasteiger partial charge in [-0.25, -0.2) is 8.42 Å². The molecular weight excluding hydrogens is 422 g/mol. The van der Waals surface area contributed by atoms with Crippen LogP contribution in [0.3, 0.4) is 0 Å². The number of para-hydroxylation sites is 1. The third kappa shape index (κ3) is 4.86. The number of nitrogens with zero attached hydrogens (tertiary/aromatic N) is 2. The summed E-state index contributed by atoms with van der Waals surface area (Å²) in [7, 11) is -1.54. The molecule has 3 aromatic rings. The van der Waals surface area contributed by atoms with Crippen LogP contribution >= 0.6 is 0 Å². The number of carbonyl (C=O) groups is 1. The fourth-order valence-electron chi connectivity index (χ4n) is 2.85. The summed E-state index contributed by atoms with van der Waals surface area (Å²) in [5.74, 6) is -0.492. The normalized spacial score (nSPS) is 10.9. The molecule has 0 atom stereocenters. The van der Waals surface area contributed by atoms with Crippen LogP contribution in [-0.2, 0) is 14.8 Å². The van der Waals surface area contributed by atoms with E-state index in [1.807, 2.05) is 0 Å². The molecule has 0 unspecified atom stereocenters. The molecule has 1 heterocycles. The van der Waals surface area contributed by atoms with Crippen LogP contribution in [0.25, 0.3) is 0 Å². The molecule has 0 bridgehead atoms. The topological polar surface area (TPSA) is 118 Å². The van der Waals surface area contributed by atoms with E-state index in [1.165, 1.54) is 56.8 Å². The zero-order chi connectivity index (χ0) is 22.4. The monoisotopic (exact) mass is 443 g/mol. The van der Waals surface area contributed by atoms with E-state index in [-0.39, 0.29) is 16.3 Å². The zero-order valence-electron chi connectivity index (χ0n) is 16.8. The van der Waals surface area contributed by atoms with Crippen molar-refractivity contribution >= 4 is 27.3 Å². The van der Waals surface area contributed by atoms with Gasteiger partial charge in [0.05, 0.1) is 31.8 Å². The predicted octanol–water partition coefficient (Wildman–Crippen LogP) is 2.64. The molecule has 2 N–H and O–H groups in total. The fourth-order valence-corrected chi connectivity index (χ4v) is 4.36. The molecule has 2 aromatic carbocycles. The highest BCUT2D eigenvalue weighted by atomic mass is 32.2. The molecule has 0 radical (unpaired) electrons. The molecule has 0 aliphatic rings. The lowest BCUT2D eigenvalue weighted by Gasteiger charge is -2.26. The Hall–Kier alpha value is -3.79. The van der Waals surface area contributed by atoms with Gasteiger partial charge in [0, 0.05) is 12.3 Å². The first-order chi connectivity index (χ1) is 14.9. The Morgan fingerprint density at radius 1 is 1.10 bits per heavy atom. The number of sulfonamides is 1. The highest BCUT2D eigenvalue weighted by molar-refractivity contribution is 7.93. The Morgan fingerprint density at radius 2 is 1.87 bits per heavy atom. The summed E-state index contributed by atoms with van der Waals surface area (Å²) in [6.45, 7) is -0.588. The van der Waals surface area contributed by atoms with Gasteiger partial charge in [0.25, 0.3) is 10.0 Å². The lowest BCUT2D eigenvalue weighted by Crippen LogP contribution is -2.38. The maximum absolute atomic E-state index is 13.5. The van der Waals surface area contributed by atoms with Crippen LogP contribution in [0, 0.1) is 0 Å². The van der Waals surface area contributed by atoms with Crippen molar-refractivity contribution in [3.8, 4) is 17.2 Å². The molecular formula is C21H21N3O6S. The minimum atomic E-state index is -4.36. The number of aromatic hydroxyl groups is 1. The van der Waals surface area contributed by atoms with Crippen molar-refractivity contribution < 1.29 is 27.8 Å². The van der Waals surface area contributed by atoms with Crippen molar-refractivity contribution in [3.63, 3.8) is 0 Å². The van der Waals surface area contributed by atoms with Gasteiger partial charge in [0.15, 0.2) is 0 Å². The number of phenols is 1. The number of hydrogen-bond acceptors (Lipinski definition) is 7. The fraction of sp³-hybridized carbons (Fsp3) is 0.143. The molecule has 0 fully saturated rings. The van der Waals surface area contributed by atoms with Gasteiger partial charge in [-0.05, 0) is 36.4 Å². The molecule has 0 spiro atoms. The number of aromatic nitrogens is 1. The molecule has 1 aromatic heterocycles. The van der Waals surface area contributed by atoms with Crippen molar-refractivity contribution in [2.45, 2.75) is 4.90 Å². The number of nitrogens with one attached hydrogen (secondary N) is 1. The number of anilines is 2. The van der Waals surface area contributed by atoms with Crippen molar-refractivity contribution in [3.05, 3.63) is 67.0 Å². The predicted molar refractivity (Wildman–Crippen MR) is 115 cm³/mol. The Labute approximate surface area is 179 Å². The van der Waals surface area contributed by atoms with E-state index < -0.39 is 28.2 Å². The molecule has 10 heteroatoms. The molecule has 3 rings (SSSR count). The number of ether oxygens (including phenoxy) is 2. The number of hydrogen-bond donors (Lipinski definition) is 2. The number of amides is 1. The van der Waals surface area contributed by atoms with E-state index >= 15 is 0 Å². The van der Waals surface area contributed by atoms with Gasteiger partial charge in [0.2, 0.25) is 5.91 Å². The van der Waals surface area contributed by atoms with Crippen LogP contribution < -0.4 is 19.1 Å². The smallest absolute Gasteiger partial charge is 0.268 e. The summed E-state index contributed by atoms with van der Waals surface area (Å²) in [6.07, 6.45) is 2.98. The molecule has 1 amide bonds. The van der Waals surface area contributed by atoms with Crippen LogP contribution in [0.1, 0.15) is 0 Å². The standard InChI is InChI=1S/C21H21N3O6S/c1-29-16-9-10-19(30-2)17(12-16)24(14-21(26)23-15-6-5-11-22-13-15)31(27,28)20-8-4-3-7-18(20)25/h3-13,25H,14H2,1-2H3,(H,23,26). The summed E-state index contributed by atoms with van der Waals surface area (Å²) in [5, 5.41) is 12.8. The van der Waals surface area contributed by atoms with Crippen LogP contribution in [-0.4, -0.2) is 45.2 Å². The first-order valence-electron chi connectivity index (χ1n) is 9.09. The average molecular weight is 443 g/mol. The van der Waals surface area contributed by atoms with E-state index in [0.29, 0.717) is 11.4 Å². The molecule has 0 aliphatic carbocycles. The Morgan fingerprint density at radius 3 is 2.52 bits per heavy atom. The van der Waals surface area contributed by atoms with E-state index in [0.717, 1.165) is 4.31 Å². The SMILES string of the molecule is COc1ccc(OC)c(N(CC(=O)Nc2cccnc2)S(=O)(=O)c2ccccc2O)c1. The van der Waals surface area contributed by atoms with Crippen LogP contribution in [0.2, 0.25) is 0 Å². The minimum Gasteiger partial charge on any atom is -0.507 e. The Kier molecular flexibility index (Phi) is 6.61. The van der Waals surface area contributed by atoms with Crippen LogP contribution in [0.4, 0.5) is 11.4 Å². The van der Waals surface area contributed by atoms with Gasteiger partial charge in [-0.1, -0.05) is 12.1 Å². The second kappa shape index (κ2) is 9.35. The number of benzene rings is 2. The van der Waals surface area contributed by atoms with Gasteiger partial charge < -0.3 is 19.9 Å². The van der Waals surface area contributed by atoms with Gasteiger partial charge in [0.1, 0.15) is 28.7 Å². The number of methoxy groups -OCH3 is 2. The molecule has 0 saturated heterocycles. The highest BCUT2D eigenvalue weighted by Crippen LogP contribution is 2.37. The quantitative estimate of drug-likeness (QED) is 0.549. The van der Waals surface area contributed by atoms with Crippen molar-refractivity contribution in [1.82, 2.24) is 4.98 Å². The number of carbonyl (C=O) groups excluding carboxylic acids is 1. The lowest BCUT2D eigenvalue weighted by molar-refractivity contribution is -0.114. The highest BCUT2D eigenvalue weighted by Gasteiger charge is 2.31. The Bertz CT molecular complexity index is 1170. The number of phenolic OH excluding ortho intramolecular Hbond substituents is 1. The van der Waals surface area contributed by atoms with Crippen molar-refractivity contribution in [2.24, 2.45) is 0 Å². The maximum atomic E-state index is 13.5. The van der Waals surface area contributed by atoms with E-state index in [1.54, 1.807) is 24.4 Å². The van der Waals surface area contributed by atoms with Crippen LogP contribution in [0.5, 0.6) is 17.2 Å². The zero-order valence-corrected chi connectivity index (χ0v) is 17.7. The lowest BCUT2D eigenvalue weighted by atomic mass is 10.2. The third-order valence-corrected chi connectivity index (χ3v) is 6.13. The van der Waals surface area contributed by atoms with Gasteiger partial charge in [-0.3, -0.25) is 14.1 Å². The van der Waals surface area contributed by atoms with E-state index in [9.17, 15) is 18.3 Å². The average Bonchev–Trinajstić information content (AvgIpc) is 2.77. The number of pyridine rings is 1. The number of rotatable bonds is 8. The van der Waals surface area contributed by atoms with Gasteiger partial charge in [-0.2, -0.15) is 0 Å². The second-order valence-electron chi connectivity index (χ2n) is 6.31. The summed E-state index contributed by atoms with van der Waals surface area (Å²) >= 11 is 0. The third-order valence-electron chi connectivity index (χ3n) is 4.32. The summed E-state index contributed by atoms with van der Waals surface area (Å²) < 4.78 is 38.4. The molecule has 0 aliphatic heterocycles. The summed E-state index contributed by atoms with van der Waals surface area (Å²) in [5.41, 5.74) is 0.483. The van der Waals surface area contributed by atoms with Crippen LogP contribution in [0.15, 0.2) is 71.9 Å². The van der Waals surface area contributed by atoms with Crippen molar-refractivity contribution in [2.75, 3.05) is 30.4 Å². The largest absolute Gasteiger partial charge is 0.507 e. The first-order valence-corrected chi connectivity index (χ1v) is 10.5. The van der Waals surface area contributed by atoms with Crippen molar-refractivity contribution in [1.29, 1.82) is 0 Å². The summed E-state index contributed by atoms with van der Waals surface area (Å²) in [4.78, 5) is 16.3. The first kappa shape index (κ1) is 21.9. The molecule has 0 saturated carbocycles. The van der Waals surface area contributed by atoms with E-state index in [2.05, 4.69) is 10.3 Å². The minimum absolute atomic E-state index is 0.0754. The maximum Gasteiger partial charge on any atom is 0.268 e. The van der Waals surface area contributed by atoms with Gasteiger partial charge in [-0.15, -0.1) is 0 Å². The molecule has 31 heavy (non-hydrogen) atoms. The molecule has 9 nitrogen and oxygen atoms in total. The second-order valence-corrected chi connectivity index (χ2v) is 8.14. The van der Waals surface area contributed by atoms with E-state index in [4.69, 9.17) is 9.47 Å². The Balaban J connectivity index is 2.08. The molecule has 162 valence electrons. The van der Waals surface area contributed by atoms with Gasteiger partial charge >= 0.3 is 0 Å².